The summed E-state index contributed by atoms with van der Waals surface area (Å²) in [6.45, 7) is 0.725. The van der Waals surface area contributed by atoms with Crippen molar-refractivity contribution in [2.24, 2.45) is 0 Å². The zero-order chi connectivity index (χ0) is 16.1. The highest BCUT2D eigenvalue weighted by atomic mass is 35.5. The summed E-state index contributed by atoms with van der Waals surface area (Å²) in [6.07, 6.45) is 2.37. The minimum Gasteiger partial charge on any atom is -0.467 e. The number of aliphatic hydroxyl groups excluding tert-OH is 1. The van der Waals surface area contributed by atoms with Crippen molar-refractivity contribution in [1.29, 1.82) is 0 Å². The van der Waals surface area contributed by atoms with E-state index in [-0.39, 0.29) is 6.61 Å². The lowest BCUT2D eigenvalue weighted by molar-refractivity contribution is 0.296. The van der Waals surface area contributed by atoms with Crippen LogP contribution in [0.25, 0.3) is 11.4 Å². The van der Waals surface area contributed by atoms with Crippen molar-refractivity contribution in [2.75, 3.05) is 12.4 Å². The third-order valence-corrected chi connectivity index (χ3v) is 4.55. The van der Waals surface area contributed by atoms with E-state index in [0.717, 1.165) is 28.1 Å². The number of hydrogen-bond acceptors (Lipinski definition) is 5. The minimum atomic E-state index is 0.170. The molecule has 0 bridgehead atoms. The van der Waals surface area contributed by atoms with Crippen molar-refractivity contribution < 1.29 is 9.52 Å². The first kappa shape index (κ1) is 16.1. The zero-order valence-corrected chi connectivity index (χ0v) is 13.9. The Morgan fingerprint density at radius 3 is 2.70 bits per heavy atom. The Bertz CT molecular complexity index is 741. The van der Waals surface area contributed by atoms with Gasteiger partial charge in [0.2, 0.25) is 0 Å². The van der Waals surface area contributed by atoms with Gasteiger partial charge in [-0.05, 0) is 42.8 Å². The molecule has 0 fully saturated rings. The molecule has 0 atom stereocenters. The SMILES string of the molecule is OCCCSc1nnc(-c2ccc(Cl)cc2)n1Cc1ccco1. The van der Waals surface area contributed by atoms with Crippen LogP contribution in [0.15, 0.2) is 52.2 Å². The number of benzene rings is 1. The second-order valence-corrected chi connectivity index (χ2v) is 6.40. The molecule has 5 nitrogen and oxygen atoms in total. The summed E-state index contributed by atoms with van der Waals surface area (Å²) in [6, 6.07) is 11.3. The number of rotatable bonds is 7. The van der Waals surface area contributed by atoms with E-state index in [4.69, 9.17) is 21.1 Å². The van der Waals surface area contributed by atoms with Gasteiger partial charge in [0.1, 0.15) is 5.76 Å². The molecule has 0 saturated heterocycles. The average Bonchev–Trinajstić information content (AvgIpc) is 3.20. The van der Waals surface area contributed by atoms with E-state index in [9.17, 15) is 0 Å². The standard InChI is InChI=1S/C16H16ClN3O2S/c17-13-6-4-12(5-7-13)15-18-19-16(23-10-2-8-21)20(15)11-14-3-1-9-22-14/h1,3-7,9,21H,2,8,10-11H2. The van der Waals surface area contributed by atoms with Crippen molar-refractivity contribution in [3.63, 3.8) is 0 Å². The highest BCUT2D eigenvalue weighted by Gasteiger charge is 2.15. The molecule has 0 amide bonds. The van der Waals surface area contributed by atoms with Gasteiger partial charge < -0.3 is 9.52 Å². The molecule has 1 N–H and O–H groups in total. The van der Waals surface area contributed by atoms with Crippen molar-refractivity contribution >= 4 is 23.4 Å². The Kier molecular flexibility index (Phi) is 5.38. The Morgan fingerprint density at radius 2 is 2.00 bits per heavy atom. The molecule has 23 heavy (non-hydrogen) atoms. The van der Waals surface area contributed by atoms with E-state index < -0.39 is 0 Å². The van der Waals surface area contributed by atoms with Gasteiger partial charge in [-0.3, -0.25) is 4.57 Å². The van der Waals surface area contributed by atoms with Crippen LogP contribution in [0.1, 0.15) is 12.2 Å². The van der Waals surface area contributed by atoms with Crippen LogP contribution in [0.2, 0.25) is 5.02 Å². The third kappa shape index (κ3) is 3.96. The number of hydrogen-bond donors (Lipinski definition) is 1. The van der Waals surface area contributed by atoms with Gasteiger partial charge in [-0.15, -0.1) is 10.2 Å². The molecule has 1 aromatic carbocycles. The van der Waals surface area contributed by atoms with Crippen molar-refractivity contribution in [2.45, 2.75) is 18.1 Å². The lowest BCUT2D eigenvalue weighted by Gasteiger charge is -2.08. The topological polar surface area (TPSA) is 64.1 Å². The van der Waals surface area contributed by atoms with E-state index in [0.29, 0.717) is 18.0 Å². The Morgan fingerprint density at radius 1 is 1.17 bits per heavy atom. The van der Waals surface area contributed by atoms with E-state index in [1.165, 1.54) is 0 Å². The normalized spacial score (nSPS) is 11.0. The van der Waals surface area contributed by atoms with Gasteiger partial charge in [-0.2, -0.15) is 0 Å². The molecular formula is C16H16ClN3O2S. The molecule has 0 saturated carbocycles. The van der Waals surface area contributed by atoms with Crippen molar-refractivity contribution in [1.82, 2.24) is 14.8 Å². The van der Waals surface area contributed by atoms with Crippen molar-refractivity contribution in [3.05, 3.63) is 53.4 Å². The predicted molar refractivity (Wildman–Crippen MR) is 90.7 cm³/mol. The Hall–Kier alpha value is -1.76. The first-order valence-electron chi connectivity index (χ1n) is 7.23. The molecule has 0 aliphatic rings. The van der Waals surface area contributed by atoms with Crippen LogP contribution in [-0.4, -0.2) is 32.2 Å². The molecule has 3 rings (SSSR count). The van der Waals surface area contributed by atoms with Crippen LogP contribution in [0.3, 0.4) is 0 Å². The largest absolute Gasteiger partial charge is 0.467 e. The van der Waals surface area contributed by atoms with Gasteiger partial charge in [0.15, 0.2) is 11.0 Å². The molecule has 2 aromatic heterocycles. The number of nitrogens with zero attached hydrogens (tertiary/aromatic N) is 3. The second kappa shape index (κ2) is 7.68. The highest BCUT2D eigenvalue weighted by molar-refractivity contribution is 7.99. The van der Waals surface area contributed by atoms with E-state index in [1.807, 2.05) is 41.0 Å². The van der Waals surface area contributed by atoms with Gasteiger partial charge in [0.25, 0.3) is 0 Å². The summed E-state index contributed by atoms with van der Waals surface area (Å²) < 4.78 is 7.47. The Labute approximate surface area is 143 Å². The van der Waals surface area contributed by atoms with Crippen LogP contribution < -0.4 is 0 Å². The maximum Gasteiger partial charge on any atom is 0.191 e. The number of thioether (sulfide) groups is 1. The van der Waals surface area contributed by atoms with Crippen LogP contribution in [0, 0.1) is 0 Å². The monoisotopic (exact) mass is 349 g/mol. The fraction of sp³-hybridized carbons (Fsp3) is 0.250. The Balaban J connectivity index is 1.92. The maximum atomic E-state index is 8.95. The van der Waals surface area contributed by atoms with E-state index >= 15 is 0 Å². The summed E-state index contributed by atoms with van der Waals surface area (Å²) in [5.74, 6) is 2.39. The summed E-state index contributed by atoms with van der Waals surface area (Å²) in [5, 5.41) is 19.0. The number of halogens is 1. The maximum absolute atomic E-state index is 8.95. The third-order valence-electron chi connectivity index (χ3n) is 3.25. The van der Waals surface area contributed by atoms with Crippen LogP contribution in [0.5, 0.6) is 0 Å². The lowest BCUT2D eigenvalue weighted by atomic mass is 10.2. The fourth-order valence-electron chi connectivity index (χ4n) is 2.14. The first-order valence-corrected chi connectivity index (χ1v) is 8.59. The molecule has 2 heterocycles. The van der Waals surface area contributed by atoms with Crippen LogP contribution >= 0.6 is 23.4 Å². The average molecular weight is 350 g/mol. The van der Waals surface area contributed by atoms with E-state index in [2.05, 4.69) is 10.2 Å². The highest BCUT2D eigenvalue weighted by Crippen LogP contribution is 2.26. The van der Waals surface area contributed by atoms with Crippen LogP contribution in [-0.2, 0) is 6.54 Å². The zero-order valence-electron chi connectivity index (χ0n) is 12.4. The first-order chi connectivity index (χ1) is 11.3. The summed E-state index contributed by atoms with van der Waals surface area (Å²) in [5.41, 5.74) is 0.947. The molecule has 120 valence electrons. The number of aliphatic hydroxyl groups is 1. The van der Waals surface area contributed by atoms with Gasteiger partial charge >= 0.3 is 0 Å². The second-order valence-electron chi connectivity index (χ2n) is 4.90. The quantitative estimate of drug-likeness (QED) is 0.520. The smallest absolute Gasteiger partial charge is 0.191 e. The number of aromatic nitrogens is 3. The summed E-state index contributed by atoms with van der Waals surface area (Å²) in [7, 11) is 0. The molecular weight excluding hydrogens is 334 g/mol. The van der Waals surface area contributed by atoms with Gasteiger partial charge in [-0.1, -0.05) is 23.4 Å². The number of furan rings is 1. The molecule has 7 heteroatoms. The summed E-state index contributed by atoms with van der Waals surface area (Å²) >= 11 is 7.53. The molecule has 0 unspecified atom stereocenters. The van der Waals surface area contributed by atoms with Gasteiger partial charge in [0.05, 0.1) is 12.8 Å². The van der Waals surface area contributed by atoms with Crippen molar-refractivity contribution in [3.8, 4) is 11.4 Å². The van der Waals surface area contributed by atoms with Gasteiger partial charge in [0, 0.05) is 22.9 Å². The fourth-order valence-corrected chi connectivity index (χ4v) is 3.12. The molecule has 0 aliphatic carbocycles. The van der Waals surface area contributed by atoms with Gasteiger partial charge in [-0.25, -0.2) is 0 Å². The molecule has 0 spiro atoms. The molecule has 0 aliphatic heterocycles. The van der Waals surface area contributed by atoms with E-state index in [1.54, 1.807) is 18.0 Å². The predicted octanol–water partition coefficient (Wildman–Crippen LogP) is 3.71. The minimum absolute atomic E-state index is 0.170. The lowest BCUT2D eigenvalue weighted by Crippen LogP contribution is -2.04. The van der Waals surface area contributed by atoms with Crippen LogP contribution in [0.4, 0.5) is 0 Å². The molecule has 3 aromatic rings. The molecule has 0 radical (unpaired) electrons. The summed E-state index contributed by atoms with van der Waals surface area (Å²) in [4.78, 5) is 0.